The number of hydrogen-bond acceptors (Lipinski definition) is 2. The highest BCUT2D eigenvalue weighted by Crippen LogP contribution is 2.28. The fourth-order valence-corrected chi connectivity index (χ4v) is 3.13. The summed E-state index contributed by atoms with van der Waals surface area (Å²) in [5.41, 5.74) is 6.54. The smallest absolute Gasteiger partial charge is 0.126 e. The maximum atomic E-state index is 13.3. The van der Waals surface area contributed by atoms with Crippen molar-refractivity contribution < 1.29 is 4.39 Å². The fraction of sp³-hybridized carbons (Fsp3) is 0.600. The summed E-state index contributed by atoms with van der Waals surface area (Å²) < 4.78 is 13.3. The van der Waals surface area contributed by atoms with E-state index in [1.165, 1.54) is 44.2 Å². The Labute approximate surface area is 119 Å². The summed E-state index contributed by atoms with van der Waals surface area (Å²) in [6, 6.07) is 4.72. The molecule has 1 saturated carbocycles. The molecule has 0 aliphatic heterocycles. The van der Waals surface area contributed by atoms with Crippen LogP contribution >= 0.6 is 11.6 Å². The van der Waals surface area contributed by atoms with E-state index in [1.807, 2.05) is 0 Å². The van der Waals surface area contributed by atoms with Crippen LogP contribution in [0.25, 0.3) is 0 Å². The van der Waals surface area contributed by atoms with E-state index in [9.17, 15) is 4.39 Å². The molecule has 2 nitrogen and oxygen atoms in total. The molecular formula is C15H22ClFN2. The van der Waals surface area contributed by atoms with Crippen LogP contribution in [0.4, 0.5) is 10.1 Å². The standard InChI is InChI=1S/C15H22ClFN2/c16-12-7-13(17)9-14(8-12)19-15(10-18)6-11-4-2-1-3-5-11/h7-9,11,15,19H,1-6,10,18H2. The first kappa shape index (κ1) is 14.6. The first-order chi connectivity index (χ1) is 9.17. The van der Waals surface area contributed by atoms with E-state index >= 15 is 0 Å². The van der Waals surface area contributed by atoms with Crippen molar-refractivity contribution in [2.45, 2.75) is 44.6 Å². The maximum absolute atomic E-state index is 13.3. The zero-order valence-corrected chi connectivity index (χ0v) is 11.9. The Balaban J connectivity index is 1.93. The number of benzene rings is 1. The number of halogens is 2. The van der Waals surface area contributed by atoms with Crippen LogP contribution in [-0.4, -0.2) is 12.6 Å². The molecule has 0 amide bonds. The van der Waals surface area contributed by atoms with Crippen molar-refractivity contribution in [2.75, 3.05) is 11.9 Å². The second-order valence-electron chi connectivity index (χ2n) is 5.47. The second kappa shape index (κ2) is 7.11. The van der Waals surface area contributed by atoms with E-state index in [0.29, 0.717) is 11.6 Å². The minimum atomic E-state index is -0.316. The molecule has 0 heterocycles. The molecule has 1 aliphatic carbocycles. The molecule has 1 aromatic rings. The highest BCUT2D eigenvalue weighted by molar-refractivity contribution is 6.30. The topological polar surface area (TPSA) is 38.0 Å². The number of rotatable bonds is 5. The maximum Gasteiger partial charge on any atom is 0.126 e. The Bertz CT molecular complexity index is 385. The Morgan fingerprint density at radius 2 is 2.00 bits per heavy atom. The van der Waals surface area contributed by atoms with Gasteiger partial charge in [-0.05, 0) is 30.5 Å². The summed E-state index contributed by atoms with van der Waals surface area (Å²) in [4.78, 5) is 0. The SMILES string of the molecule is NCC(CC1CCCCC1)Nc1cc(F)cc(Cl)c1. The van der Waals surface area contributed by atoms with Gasteiger partial charge in [0, 0.05) is 23.3 Å². The first-order valence-corrected chi connectivity index (χ1v) is 7.48. The highest BCUT2D eigenvalue weighted by atomic mass is 35.5. The first-order valence-electron chi connectivity index (χ1n) is 7.10. The number of hydrogen-bond donors (Lipinski definition) is 2. The Kier molecular flexibility index (Phi) is 5.46. The number of nitrogens with two attached hydrogens (primary N) is 1. The van der Waals surface area contributed by atoms with Crippen LogP contribution in [0.2, 0.25) is 5.02 Å². The van der Waals surface area contributed by atoms with Crippen LogP contribution in [0.1, 0.15) is 38.5 Å². The van der Waals surface area contributed by atoms with E-state index in [1.54, 1.807) is 6.07 Å². The van der Waals surface area contributed by atoms with E-state index in [-0.39, 0.29) is 11.9 Å². The van der Waals surface area contributed by atoms with Gasteiger partial charge in [0.2, 0.25) is 0 Å². The molecule has 0 spiro atoms. The molecule has 106 valence electrons. The molecule has 1 aliphatic rings. The zero-order valence-electron chi connectivity index (χ0n) is 11.2. The largest absolute Gasteiger partial charge is 0.381 e. The Morgan fingerprint density at radius 1 is 1.26 bits per heavy atom. The van der Waals surface area contributed by atoms with Gasteiger partial charge in [0.1, 0.15) is 5.82 Å². The highest BCUT2D eigenvalue weighted by Gasteiger charge is 2.18. The monoisotopic (exact) mass is 284 g/mol. The van der Waals surface area contributed by atoms with Gasteiger partial charge in [-0.1, -0.05) is 43.7 Å². The molecular weight excluding hydrogens is 263 g/mol. The van der Waals surface area contributed by atoms with Gasteiger partial charge in [-0.3, -0.25) is 0 Å². The van der Waals surface area contributed by atoms with Gasteiger partial charge < -0.3 is 11.1 Å². The van der Waals surface area contributed by atoms with Gasteiger partial charge in [0.05, 0.1) is 0 Å². The second-order valence-corrected chi connectivity index (χ2v) is 5.91. The van der Waals surface area contributed by atoms with Crippen molar-refractivity contribution in [3.05, 3.63) is 29.0 Å². The van der Waals surface area contributed by atoms with Crippen LogP contribution < -0.4 is 11.1 Å². The summed E-state index contributed by atoms with van der Waals surface area (Å²) in [7, 11) is 0. The average molecular weight is 285 g/mol. The van der Waals surface area contributed by atoms with Gasteiger partial charge >= 0.3 is 0 Å². The third kappa shape index (κ3) is 4.66. The molecule has 1 fully saturated rings. The lowest BCUT2D eigenvalue weighted by Crippen LogP contribution is -2.31. The zero-order chi connectivity index (χ0) is 13.7. The lowest BCUT2D eigenvalue weighted by molar-refractivity contribution is 0.324. The van der Waals surface area contributed by atoms with E-state index in [0.717, 1.165) is 18.0 Å². The molecule has 2 rings (SSSR count). The van der Waals surface area contributed by atoms with Crippen LogP contribution in [0.15, 0.2) is 18.2 Å². The summed E-state index contributed by atoms with van der Waals surface area (Å²) >= 11 is 5.86. The average Bonchev–Trinajstić information content (AvgIpc) is 2.38. The third-order valence-electron chi connectivity index (χ3n) is 3.86. The van der Waals surface area contributed by atoms with Gasteiger partial charge in [-0.15, -0.1) is 0 Å². The van der Waals surface area contributed by atoms with Crippen LogP contribution in [0, 0.1) is 11.7 Å². The Hall–Kier alpha value is -0.800. The van der Waals surface area contributed by atoms with Crippen molar-refractivity contribution >= 4 is 17.3 Å². The van der Waals surface area contributed by atoms with Crippen molar-refractivity contribution in [2.24, 2.45) is 11.7 Å². The van der Waals surface area contributed by atoms with E-state index < -0.39 is 0 Å². The van der Waals surface area contributed by atoms with Crippen molar-refractivity contribution in [1.82, 2.24) is 0 Å². The molecule has 19 heavy (non-hydrogen) atoms. The van der Waals surface area contributed by atoms with Crippen molar-refractivity contribution in [3.63, 3.8) is 0 Å². The predicted molar refractivity (Wildman–Crippen MR) is 79.1 cm³/mol. The molecule has 3 N–H and O–H groups in total. The molecule has 1 unspecified atom stereocenters. The minimum Gasteiger partial charge on any atom is -0.381 e. The lowest BCUT2D eigenvalue weighted by atomic mass is 9.85. The summed E-state index contributed by atoms with van der Waals surface area (Å²) in [6.45, 7) is 0.560. The quantitative estimate of drug-likeness (QED) is 0.851. The molecule has 0 bridgehead atoms. The fourth-order valence-electron chi connectivity index (χ4n) is 2.91. The molecule has 1 atom stereocenters. The van der Waals surface area contributed by atoms with E-state index in [4.69, 9.17) is 17.3 Å². The minimum absolute atomic E-state index is 0.195. The summed E-state index contributed by atoms with van der Waals surface area (Å²) in [5.74, 6) is 0.433. The molecule has 0 aromatic heterocycles. The van der Waals surface area contributed by atoms with Crippen molar-refractivity contribution in [3.8, 4) is 0 Å². The molecule has 0 saturated heterocycles. The predicted octanol–water partition coefficient (Wildman–Crippen LogP) is 4.19. The number of nitrogens with one attached hydrogen (secondary N) is 1. The van der Waals surface area contributed by atoms with Crippen molar-refractivity contribution in [1.29, 1.82) is 0 Å². The van der Waals surface area contributed by atoms with E-state index in [2.05, 4.69) is 5.32 Å². The van der Waals surface area contributed by atoms with Crippen LogP contribution in [-0.2, 0) is 0 Å². The Morgan fingerprint density at radius 3 is 2.63 bits per heavy atom. The summed E-state index contributed by atoms with van der Waals surface area (Å²) in [5, 5.41) is 3.72. The van der Waals surface area contributed by atoms with Gasteiger partial charge in [0.15, 0.2) is 0 Å². The third-order valence-corrected chi connectivity index (χ3v) is 4.08. The van der Waals surface area contributed by atoms with Gasteiger partial charge in [-0.2, -0.15) is 0 Å². The number of anilines is 1. The molecule has 4 heteroatoms. The molecule has 0 radical (unpaired) electrons. The van der Waals surface area contributed by atoms with Crippen LogP contribution in [0.3, 0.4) is 0 Å². The van der Waals surface area contributed by atoms with Crippen LogP contribution in [0.5, 0.6) is 0 Å². The summed E-state index contributed by atoms with van der Waals surface area (Å²) in [6.07, 6.45) is 7.66. The normalized spacial score (nSPS) is 18.3. The van der Waals surface area contributed by atoms with Gasteiger partial charge in [0.25, 0.3) is 0 Å². The van der Waals surface area contributed by atoms with Gasteiger partial charge in [-0.25, -0.2) is 4.39 Å². The lowest BCUT2D eigenvalue weighted by Gasteiger charge is -2.27. The molecule has 1 aromatic carbocycles.